The van der Waals surface area contributed by atoms with Crippen molar-refractivity contribution in [3.63, 3.8) is 0 Å². The van der Waals surface area contributed by atoms with Crippen LogP contribution in [-0.2, 0) is 14.3 Å². The van der Waals surface area contributed by atoms with E-state index in [9.17, 15) is 14.4 Å². The summed E-state index contributed by atoms with van der Waals surface area (Å²) in [6.45, 7) is 6.57. The summed E-state index contributed by atoms with van der Waals surface area (Å²) < 4.78 is 17.1. The van der Waals surface area contributed by atoms with Crippen LogP contribution >= 0.6 is 11.8 Å². The van der Waals surface area contributed by atoms with Crippen molar-refractivity contribution in [3.8, 4) is 5.75 Å². The van der Waals surface area contributed by atoms with Gasteiger partial charge in [0.25, 0.3) is 0 Å². The summed E-state index contributed by atoms with van der Waals surface area (Å²) in [5, 5.41) is 0. The minimum Gasteiger partial charge on any atom is -0.497 e. The van der Waals surface area contributed by atoms with Crippen LogP contribution in [0.2, 0.25) is 0 Å². The van der Waals surface area contributed by atoms with E-state index < -0.39 is 22.8 Å². The van der Waals surface area contributed by atoms with Gasteiger partial charge in [-0.05, 0) is 39.0 Å². The second-order valence-corrected chi connectivity index (χ2v) is 9.75. The first kappa shape index (κ1) is 20.8. The number of benzene rings is 1. The molecule has 1 amide bonds. The Morgan fingerprint density at radius 3 is 2.47 bits per heavy atom. The lowest BCUT2D eigenvalue weighted by Gasteiger charge is -2.45. The zero-order valence-electron chi connectivity index (χ0n) is 17.6. The van der Waals surface area contributed by atoms with Gasteiger partial charge in [0.1, 0.15) is 27.6 Å². The number of hydrogen-bond acceptors (Lipinski definition) is 7. The zero-order chi connectivity index (χ0) is 21.7. The topological polar surface area (TPSA) is 82.1 Å². The Morgan fingerprint density at radius 2 is 1.83 bits per heavy atom. The average Bonchev–Trinajstić information content (AvgIpc) is 2.71. The molecule has 0 atom stereocenters. The predicted octanol–water partition coefficient (Wildman–Crippen LogP) is 3.66. The average molecular weight is 432 g/mol. The molecule has 0 bridgehead atoms. The molecule has 1 saturated heterocycles. The molecule has 160 valence electrons. The van der Waals surface area contributed by atoms with Gasteiger partial charge in [0.05, 0.1) is 7.11 Å². The third-order valence-electron chi connectivity index (χ3n) is 5.46. The van der Waals surface area contributed by atoms with E-state index >= 15 is 0 Å². The molecule has 0 unspecified atom stereocenters. The fourth-order valence-corrected chi connectivity index (χ4v) is 5.10. The quantitative estimate of drug-likeness (QED) is 0.628. The lowest BCUT2D eigenvalue weighted by molar-refractivity contribution is -0.111. The molecule has 1 aliphatic carbocycles. The lowest BCUT2D eigenvalue weighted by Crippen LogP contribution is -2.51. The second kappa shape index (κ2) is 7.34. The number of Topliss-reactive ketones (excluding diaryl/α,β-unsaturated/α-hetero) is 2. The highest BCUT2D eigenvalue weighted by atomic mass is 32.2. The van der Waals surface area contributed by atoms with Crippen molar-refractivity contribution >= 4 is 35.2 Å². The number of carbonyl (C=O) groups is 3. The summed E-state index contributed by atoms with van der Waals surface area (Å²) in [6.07, 6.45) is 0.935. The van der Waals surface area contributed by atoms with E-state index in [0.29, 0.717) is 59.2 Å². The van der Waals surface area contributed by atoms with Crippen LogP contribution in [0.4, 0.5) is 4.79 Å². The zero-order valence-corrected chi connectivity index (χ0v) is 18.4. The van der Waals surface area contributed by atoms with Crippen LogP contribution in [0.5, 0.6) is 5.75 Å². The summed E-state index contributed by atoms with van der Waals surface area (Å²) in [5.41, 5.74) is -0.0959. The number of amides is 1. The van der Waals surface area contributed by atoms with E-state index in [4.69, 9.17) is 14.2 Å². The first-order chi connectivity index (χ1) is 14.1. The first-order valence-electron chi connectivity index (χ1n) is 9.94. The monoisotopic (exact) mass is 431 g/mol. The molecule has 0 N–H and O–H groups in total. The van der Waals surface area contributed by atoms with E-state index in [0.717, 1.165) is 0 Å². The van der Waals surface area contributed by atoms with E-state index in [2.05, 4.69) is 0 Å². The Morgan fingerprint density at radius 1 is 1.13 bits per heavy atom. The Balaban J connectivity index is 1.56. The normalized spacial score (nSPS) is 20.5. The number of ether oxygens (including phenoxy) is 3. The second-order valence-electron chi connectivity index (χ2n) is 8.77. The Bertz CT molecular complexity index is 953. The number of carbonyl (C=O) groups excluding carboxylic acids is 3. The van der Waals surface area contributed by atoms with E-state index in [1.54, 1.807) is 23.1 Å². The molecular formula is C22H25NO6S. The maximum Gasteiger partial charge on any atom is 0.410 e. The molecule has 3 aliphatic rings. The summed E-state index contributed by atoms with van der Waals surface area (Å²) in [4.78, 5) is 39.7. The molecule has 0 radical (unpaired) electrons. The number of thioether (sulfide) groups is 1. The van der Waals surface area contributed by atoms with Crippen molar-refractivity contribution < 1.29 is 28.6 Å². The largest absolute Gasteiger partial charge is 0.497 e. The Hall–Kier alpha value is -2.48. The predicted molar refractivity (Wildman–Crippen MR) is 113 cm³/mol. The number of likely N-dealkylation sites (tertiary alicyclic amines) is 1. The molecule has 0 saturated carbocycles. The number of hydrogen-bond donors (Lipinski definition) is 0. The van der Waals surface area contributed by atoms with Crippen LogP contribution in [0.15, 0.2) is 23.1 Å². The van der Waals surface area contributed by atoms with E-state index in [-0.39, 0.29) is 6.09 Å². The molecule has 1 aromatic carbocycles. The molecule has 30 heavy (non-hydrogen) atoms. The van der Waals surface area contributed by atoms with E-state index in [1.165, 1.54) is 18.9 Å². The minimum absolute atomic E-state index is 0.307. The van der Waals surface area contributed by atoms with Crippen LogP contribution in [0, 0.1) is 0 Å². The number of allylic oxidation sites excluding steroid dienone is 1. The van der Waals surface area contributed by atoms with Gasteiger partial charge in [-0.15, -0.1) is 11.8 Å². The van der Waals surface area contributed by atoms with Crippen LogP contribution in [-0.4, -0.2) is 59.7 Å². The maximum atomic E-state index is 12.6. The van der Waals surface area contributed by atoms with Crippen LogP contribution in [0.1, 0.15) is 49.5 Å². The van der Waals surface area contributed by atoms with Gasteiger partial charge < -0.3 is 19.1 Å². The Labute approximate surface area is 179 Å². The summed E-state index contributed by atoms with van der Waals surface area (Å²) in [6, 6.07) is 5.11. The molecule has 4 rings (SSSR count). The standard InChI is InChI=1S/C22H25NO6S/c1-21(2,3)29-20(26)23-9-7-22(8-10-23)12-30-19-17(25)16(24)15-11-13(27-4)5-6-14(15)18(19)28-22/h5-6,11H,7-10,12H2,1-4H3. The smallest absolute Gasteiger partial charge is 0.410 e. The van der Waals surface area contributed by atoms with Crippen LogP contribution in [0.3, 0.4) is 0 Å². The molecule has 7 nitrogen and oxygen atoms in total. The van der Waals surface area contributed by atoms with Gasteiger partial charge in [-0.1, -0.05) is 0 Å². The van der Waals surface area contributed by atoms with Gasteiger partial charge in [0.2, 0.25) is 11.6 Å². The van der Waals surface area contributed by atoms with Gasteiger partial charge in [-0.2, -0.15) is 0 Å². The van der Waals surface area contributed by atoms with Crippen molar-refractivity contribution in [2.45, 2.75) is 44.8 Å². The molecule has 1 spiro atoms. The van der Waals surface area contributed by atoms with Crippen molar-refractivity contribution in [2.24, 2.45) is 0 Å². The molecule has 2 aliphatic heterocycles. The lowest BCUT2D eigenvalue weighted by atomic mass is 9.90. The Kier molecular flexibility index (Phi) is 5.08. The fraction of sp³-hybridized carbons (Fsp3) is 0.500. The summed E-state index contributed by atoms with van der Waals surface area (Å²) >= 11 is 1.38. The van der Waals surface area contributed by atoms with Crippen molar-refractivity contribution in [1.82, 2.24) is 4.90 Å². The summed E-state index contributed by atoms with van der Waals surface area (Å²) in [7, 11) is 1.52. The highest BCUT2D eigenvalue weighted by Crippen LogP contribution is 2.47. The summed E-state index contributed by atoms with van der Waals surface area (Å²) in [5.74, 6) is 0.492. The number of fused-ring (bicyclic) bond motifs is 2. The SMILES string of the molecule is COc1ccc2c(c1)C(=O)C(=O)C1=C2OC2(CCN(C(=O)OC(C)(C)C)CC2)CS1. The van der Waals surface area contributed by atoms with Gasteiger partial charge in [-0.3, -0.25) is 9.59 Å². The fourth-order valence-electron chi connectivity index (χ4n) is 3.84. The van der Waals surface area contributed by atoms with Crippen molar-refractivity contribution in [3.05, 3.63) is 34.2 Å². The van der Waals surface area contributed by atoms with E-state index in [1.807, 2.05) is 20.8 Å². The highest BCUT2D eigenvalue weighted by Gasteiger charge is 2.46. The molecule has 1 aromatic rings. The first-order valence-corrected chi connectivity index (χ1v) is 10.9. The number of rotatable bonds is 1. The highest BCUT2D eigenvalue weighted by molar-refractivity contribution is 8.04. The third-order valence-corrected chi connectivity index (χ3v) is 6.79. The number of piperidine rings is 1. The third kappa shape index (κ3) is 3.69. The number of nitrogens with zero attached hydrogens (tertiary/aromatic N) is 1. The molecule has 2 heterocycles. The molecular weight excluding hydrogens is 406 g/mol. The molecule has 1 fully saturated rings. The van der Waals surface area contributed by atoms with Crippen LogP contribution in [0.25, 0.3) is 5.76 Å². The number of methoxy groups -OCH3 is 1. The molecule has 0 aromatic heterocycles. The van der Waals surface area contributed by atoms with Crippen molar-refractivity contribution in [1.29, 1.82) is 0 Å². The maximum absolute atomic E-state index is 12.6. The van der Waals surface area contributed by atoms with Gasteiger partial charge in [-0.25, -0.2) is 4.79 Å². The minimum atomic E-state index is -0.539. The van der Waals surface area contributed by atoms with Gasteiger partial charge in [0.15, 0.2) is 0 Å². The van der Waals surface area contributed by atoms with Gasteiger partial charge in [0, 0.05) is 42.8 Å². The van der Waals surface area contributed by atoms with Crippen molar-refractivity contribution in [2.75, 3.05) is 26.0 Å². The molecule has 8 heteroatoms. The van der Waals surface area contributed by atoms with Crippen LogP contribution < -0.4 is 4.74 Å². The van der Waals surface area contributed by atoms with Gasteiger partial charge >= 0.3 is 6.09 Å². The number of ketones is 2.